The van der Waals surface area contributed by atoms with Crippen molar-refractivity contribution in [2.75, 3.05) is 7.11 Å². The second kappa shape index (κ2) is 5.31. The minimum absolute atomic E-state index is 0.0882. The SMILES string of the molecule is COc1nccc(-c2cc(Cl)c(Cl)c(Cl)c2)c1F. The number of ether oxygens (including phenoxy) is 1. The molecule has 0 aliphatic rings. The molecule has 0 atom stereocenters. The lowest BCUT2D eigenvalue weighted by Crippen LogP contribution is -1.94. The second-order valence-electron chi connectivity index (χ2n) is 3.44. The summed E-state index contributed by atoms with van der Waals surface area (Å²) in [6, 6.07) is 4.58. The lowest BCUT2D eigenvalue weighted by Gasteiger charge is -2.08. The topological polar surface area (TPSA) is 22.1 Å². The summed E-state index contributed by atoms with van der Waals surface area (Å²) in [5.41, 5.74) is 0.801. The van der Waals surface area contributed by atoms with Crippen molar-refractivity contribution in [1.29, 1.82) is 0 Å². The van der Waals surface area contributed by atoms with E-state index in [1.54, 1.807) is 0 Å². The summed E-state index contributed by atoms with van der Waals surface area (Å²) < 4.78 is 18.8. The van der Waals surface area contributed by atoms with E-state index >= 15 is 0 Å². The summed E-state index contributed by atoms with van der Waals surface area (Å²) in [5.74, 6) is -0.663. The van der Waals surface area contributed by atoms with Gasteiger partial charge in [0.2, 0.25) is 0 Å². The fraction of sp³-hybridized carbons (Fsp3) is 0.0833. The summed E-state index contributed by atoms with van der Waals surface area (Å²) in [5, 5.41) is 0.757. The molecule has 0 N–H and O–H groups in total. The van der Waals surface area contributed by atoms with Crippen LogP contribution in [-0.2, 0) is 0 Å². The number of halogens is 4. The van der Waals surface area contributed by atoms with Gasteiger partial charge in [-0.05, 0) is 23.8 Å². The van der Waals surface area contributed by atoms with E-state index in [1.165, 1.54) is 31.5 Å². The van der Waals surface area contributed by atoms with Gasteiger partial charge in [-0.3, -0.25) is 0 Å². The Kier molecular flexibility index (Phi) is 3.95. The van der Waals surface area contributed by atoms with Crippen LogP contribution in [0.25, 0.3) is 11.1 Å². The number of aromatic nitrogens is 1. The molecule has 0 aliphatic heterocycles. The third-order valence-electron chi connectivity index (χ3n) is 2.35. The molecular formula is C12H7Cl3FNO. The first-order chi connectivity index (χ1) is 8.54. The number of hydrogen-bond acceptors (Lipinski definition) is 2. The lowest BCUT2D eigenvalue weighted by molar-refractivity contribution is 0.370. The highest BCUT2D eigenvalue weighted by Crippen LogP contribution is 2.36. The van der Waals surface area contributed by atoms with Crippen LogP contribution in [0.5, 0.6) is 5.88 Å². The molecule has 18 heavy (non-hydrogen) atoms. The molecule has 2 rings (SSSR count). The smallest absolute Gasteiger partial charge is 0.250 e. The molecule has 94 valence electrons. The maximum absolute atomic E-state index is 14.0. The number of hydrogen-bond donors (Lipinski definition) is 0. The van der Waals surface area contributed by atoms with Crippen molar-refractivity contribution in [2.45, 2.75) is 0 Å². The minimum atomic E-state index is -0.575. The van der Waals surface area contributed by atoms with Crippen LogP contribution >= 0.6 is 34.8 Å². The van der Waals surface area contributed by atoms with Gasteiger partial charge in [-0.25, -0.2) is 9.37 Å². The van der Waals surface area contributed by atoms with E-state index in [1.807, 2.05) is 0 Å². The van der Waals surface area contributed by atoms with E-state index in [0.717, 1.165) is 0 Å². The maximum atomic E-state index is 14.0. The average molecular weight is 307 g/mol. The van der Waals surface area contributed by atoms with E-state index in [0.29, 0.717) is 11.1 Å². The second-order valence-corrected chi connectivity index (χ2v) is 4.63. The van der Waals surface area contributed by atoms with Gasteiger partial charge in [0.05, 0.1) is 22.2 Å². The molecular weight excluding hydrogens is 299 g/mol. The molecule has 0 fully saturated rings. The molecule has 2 nitrogen and oxygen atoms in total. The van der Waals surface area contributed by atoms with Crippen molar-refractivity contribution in [3.05, 3.63) is 45.3 Å². The third-order valence-corrected chi connectivity index (χ3v) is 3.54. The number of benzene rings is 1. The van der Waals surface area contributed by atoms with Crippen molar-refractivity contribution in [2.24, 2.45) is 0 Å². The van der Waals surface area contributed by atoms with Gasteiger partial charge in [-0.2, -0.15) is 0 Å². The first kappa shape index (κ1) is 13.4. The quantitative estimate of drug-likeness (QED) is 0.739. The Balaban J connectivity index is 2.62. The Morgan fingerprint density at radius 2 is 1.78 bits per heavy atom. The summed E-state index contributed by atoms with van der Waals surface area (Å²) in [6.07, 6.45) is 1.44. The molecule has 0 saturated carbocycles. The Hall–Kier alpha value is -1.03. The zero-order valence-corrected chi connectivity index (χ0v) is 11.4. The molecule has 0 radical (unpaired) electrons. The molecule has 0 aliphatic carbocycles. The van der Waals surface area contributed by atoms with Gasteiger partial charge in [0, 0.05) is 11.8 Å². The van der Waals surface area contributed by atoms with Crippen LogP contribution in [0.3, 0.4) is 0 Å². The summed E-state index contributed by atoms with van der Waals surface area (Å²) in [4.78, 5) is 3.76. The Labute approximate surface area is 118 Å². The predicted octanol–water partition coefficient (Wildman–Crippen LogP) is 4.86. The van der Waals surface area contributed by atoms with Gasteiger partial charge >= 0.3 is 0 Å². The van der Waals surface area contributed by atoms with Crippen LogP contribution in [0.4, 0.5) is 4.39 Å². The molecule has 1 aromatic heterocycles. The number of pyridine rings is 1. The third kappa shape index (κ3) is 2.39. The van der Waals surface area contributed by atoms with Gasteiger partial charge in [0.15, 0.2) is 5.82 Å². The van der Waals surface area contributed by atoms with Gasteiger partial charge in [-0.1, -0.05) is 34.8 Å². The molecule has 0 bridgehead atoms. The summed E-state index contributed by atoms with van der Waals surface area (Å²) >= 11 is 17.7. The first-order valence-electron chi connectivity index (χ1n) is 4.88. The lowest BCUT2D eigenvalue weighted by atomic mass is 10.1. The van der Waals surface area contributed by atoms with Crippen molar-refractivity contribution < 1.29 is 9.13 Å². The molecule has 0 unspecified atom stereocenters. The fourth-order valence-corrected chi connectivity index (χ4v) is 2.10. The van der Waals surface area contributed by atoms with Crippen LogP contribution in [0, 0.1) is 5.82 Å². The van der Waals surface area contributed by atoms with Crippen molar-refractivity contribution >= 4 is 34.8 Å². The van der Waals surface area contributed by atoms with Crippen LogP contribution in [-0.4, -0.2) is 12.1 Å². The fourth-order valence-electron chi connectivity index (χ4n) is 1.50. The highest BCUT2D eigenvalue weighted by molar-refractivity contribution is 6.48. The molecule has 2 aromatic rings. The van der Waals surface area contributed by atoms with Gasteiger partial charge in [-0.15, -0.1) is 0 Å². The monoisotopic (exact) mass is 305 g/mol. The van der Waals surface area contributed by atoms with E-state index in [-0.39, 0.29) is 20.9 Å². The Bertz CT molecular complexity index is 581. The molecule has 0 spiro atoms. The standard InChI is InChI=1S/C12H7Cl3FNO/c1-18-12-11(16)7(2-3-17-12)6-4-8(13)10(15)9(14)5-6/h2-5H,1H3. The van der Waals surface area contributed by atoms with Gasteiger partial charge in [0.1, 0.15) is 0 Å². The average Bonchev–Trinajstić information content (AvgIpc) is 2.35. The molecule has 0 amide bonds. The predicted molar refractivity (Wildman–Crippen MR) is 71.2 cm³/mol. The molecule has 1 aromatic carbocycles. The van der Waals surface area contributed by atoms with Gasteiger partial charge < -0.3 is 4.74 Å². The highest BCUT2D eigenvalue weighted by Gasteiger charge is 2.14. The van der Waals surface area contributed by atoms with Crippen LogP contribution in [0.1, 0.15) is 0 Å². The Morgan fingerprint density at radius 1 is 1.17 bits per heavy atom. The zero-order chi connectivity index (χ0) is 13.3. The molecule has 1 heterocycles. The van der Waals surface area contributed by atoms with Crippen LogP contribution in [0.2, 0.25) is 15.1 Å². The molecule has 0 saturated heterocycles. The van der Waals surface area contributed by atoms with E-state index < -0.39 is 5.82 Å². The largest absolute Gasteiger partial charge is 0.479 e. The Morgan fingerprint density at radius 3 is 2.33 bits per heavy atom. The number of nitrogens with zero attached hydrogens (tertiary/aromatic N) is 1. The minimum Gasteiger partial charge on any atom is -0.479 e. The number of methoxy groups -OCH3 is 1. The normalized spacial score (nSPS) is 10.5. The van der Waals surface area contributed by atoms with E-state index in [4.69, 9.17) is 39.5 Å². The molecule has 6 heteroatoms. The first-order valence-corrected chi connectivity index (χ1v) is 6.01. The van der Waals surface area contributed by atoms with E-state index in [9.17, 15) is 4.39 Å². The van der Waals surface area contributed by atoms with E-state index in [2.05, 4.69) is 4.98 Å². The highest BCUT2D eigenvalue weighted by atomic mass is 35.5. The van der Waals surface area contributed by atoms with Gasteiger partial charge in [0.25, 0.3) is 5.88 Å². The van der Waals surface area contributed by atoms with Crippen LogP contribution < -0.4 is 4.74 Å². The zero-order valence-electron chi connectivity index (χ0n) is 9.18. The van der Waals surface area contributed by atoms with Crippen molar-refractivity contribution in [3.63, 3.8) is 0 Å². The summed E-state index contributed by atoms with van der Waals surface area (Å²) in [7, 11) is 1.34. The van der Waals surface area contributed by atoms with Crippen molar-refractivity contribution in [3.8, 4) is 17.0 Å². The van der Waals surface area contributed by atoms with Crippen molar-refractivity contribution in [1.82, 2.24) is 4.98 Å². The number of rotatable bonds is 2. The maximum Gasteiger partial charge on any atom is 0.250 e. The van der Waals surface area contributed by atoms with Crippen LogP contribution in [0.15, 0.2) is 24.4 Å². The summed E-state index contributed by atoms with van der Waals surface area (Å²) in [6.45, 7) is 0.